The quantitative estimate of drug-likeness (QED) is 0.776. The van der Waals surface area contributed by atoms with Crippen molar-refractivity contribution in [2.45, 2.75) is 39.7 Å². The van der Waals surface area contributed by atoms with Crippen molar-refractivity contribution in [1.82, 2.24) is 5.32 Å². The van der Waals surface area contributed by atoms with Crippen LogP contribution in [0.15, 0.2) is 12.1 Å². The predicted octanol–water partition coefficient (Wildman–Crippen LogP) is 2.43. The molecule has 106 valence electrons. The Hall–Kier alpha value is -1.55. The Bertz CT molecular complexity index is 438. The third-order valence-corrected chi connectivity index (χ3v) is 3.20. The van der Waals surface area contributed by atoms with Crippen molar-refractivity contribution >= 4 is 11.6 Å². The van der Waals surface area contributed by atoms with Crippen LogP contribution in [-0.2, 0) is 4.74 Å². The second-order valence-corrected chi connectivity index (χ2v) is 4.94. The monoisotopic (exact) mass is 264 g/mol. The molecule has 1 rings (SSSR count). The third kappa shape index (κ3) is 4.24. The number of carbonyl (C=O) groups excluding carboxylic acids is 1. The second-order valence-electron chi connectivity index (χ2n) is 4.94. The van der Waals surface area contributed by atoms with E-state index in [1.165, 1.54) is 0 Å². The summed E-state index contributed by atoms with van der Waals surface area (Å²) in [7, 11) is 1.64. The van der Waals surface area contributed by atoms with Gasteiger partial charge in [0.15, 0.2) is 0 Å². The standard InChI is InChI=1S/C15H24N2O2/c1-5-6-12(9-19-4)17-15(18)13-8-14(16)11(3)7-10(13)2/h7-8,12H,5-6,9,16H2,1-4H3,(H,17,18). The summed E-state index contributed by atoms with van der Waals surface area (Å²) in [4.78, 5) is 12.3. The molecule has 1 aromatic carbocycles. The summed E-state index contributed by atoms with van der Waals surface area (Å²) < 4.78 is 5.13. The van der Waals surface area contributed by atoms with Crippen LogP contribution in [0.5, 0.6) is 0 Å². The van der Waals surface area contributed by atoms with E-state index in [4.69, 9.17) is 10.5 Å². The van der Waals surface area contributed by atoms with Crippen LogP contribution in [0.25, 0.3) is 0 Å². The Kier molecular flexibility index (Phi) is 5.83. The summed E-state index contributed by atoms with van der Waals surface area (Å²) >= 11 is 0. The number of ether oxygens (including phenoxy) is 1. The van der Waals surface area contributed by atoms with Gasteiger partial charge in [-0.15, -0.1) is 0 Å². The Balaban J connectivity index is 2.84. The number of hydrogen-bond donors (Lipinski definition) is 2. The number of anilines is 1. The molecule has 1 amide bonds. The van der Waals surface area contributed by atoms with Crippen LogP contribution in [0.2, 0.25) is 0 Å². The Morgan fingerprint density at radius 1 is 1.37 bits per heavy atom. The highest BCUT2D eigenvalue weighted by Gasteiger charge is 2.15. The molecule has 0 aliphatic rings. The van der Waals surface area contributed by atoms with Gasteiger partial charge in [0.25, 0.3) is 5.91 Å². The lowest BCUT2D eigenvalue weighted by atomic mass is 10.0. The minimum Gasteiger partial charge on any atom is -0.398 e. The molecule has 3 N–H and O–H groups in total. The van der Waals surface area contributed by atoms with Crippen LogP contribution in [0, 0.1) is 13.8 Å². The molecule has 19 heavy (non-hydrogen) atoms. The van der Waals surface area contributed by atoms with Crippen molar-refractivity contribution in [3.8, 4) is 0 Å². The maximum Gasteiger partial charge on any atom is 0.251 e. The fourth-order valence-corrected chi connectivity index (χ4v) is 2.12. The van der Waals surface area contributed by atoms with Crippen LogP contribution in [0.1, 0.15) is 41.3 Å². The molecule has 4 heteroatoms. The molecule has 0 aromatic heterocycles. The number of methoxy groups -OCH3 is 1. The van der Waals surface area contributed by atoms with E-state index in [1.807, 2.05) is 19.9 Å². The van der Waals surface area contributed by atoms with Gasteiger partial charge in [0.2, 0.25) is 0 Å². The lowest BCUT2D eigenvalue weighted by Crippen LogP contribution is -2.38. The first-order valence-corrected chi connectivity index (χ1v) is 6.66. The summed E-state index contributed by atoms with van der Waals surface area (Å²) in [5, 5.41) is 3.00. The molecular weight excluding hydrogens is 240 g/mol. The van der Waals surface area contributed by atoms with E-state index in [9.17, 15) is 4.79 Å². The van der Waals surface area contributed by atoms with Gasteiger partial charge < -0.3 is 15.8 Å². The normalized spacial score (nSPS) is 12.2. The van der Waals surface area contributed by atoms with E-state index in [2.05, 4.69) is 12.2 Å². The first-order valence-electron chi connectivity index (χ1n) is 6.66. The molecule has 0 aliphatic carbocycles. The molecule has 0 heterocycles. The van der Waals surface area contributed by atoms with Gasteiger partial charge in [-0.05, 0) is 37.5 Å². The Morgan fingerprint density at radius 3 is 2.63 bits per heavy atom. The Labute approximate surface area is 115 Å². The third-order valence-electron chi connectivity index (χ3n) is 3.20. The zero-order valence-electron chi connectivity index (χ0n) is 12.2. The van der Waals surface area contributed by atoms with E-state index in [-0.39, 0.29) is 11.9 Å². The highest BCUT2D eigenvalue weighted by molar-refractivity contribution is 5.96. The van der Waals surface area contributed by atoms with Gasteiger partial charge in [0.1, 0.15) is 0 Å². The number of benzene rings is 1. The van der Waals surface area contributed by atoms with Crippen LogP contribution in [-0.4, -0.2) is 25.7 Å². The molecule has 0 radical (unpaired) electrons. The van der Waals surface area contributed by atoms with Crippen molar-refractivity contribution in [2.75, 3.05) is 19.5 Å². The lowest BCUT2D eigenvalue weighted by molar-refractivity contribution is 0.0891. The highest BCUT2D eigenvalue weighted by Crippen LogP contribution is 2.18. The van der Waals surface area contributed by atoms with Crippen molar-refractivity contribution in [3.63, 3.8) is 0 Å². The second kappa shape index (κ2) is 7.14. The fraction of sp³-hybridized carbons (Fsp3) is 0.533. The number of aryl methyl sites for hydroxylation is 2. The number of hydrogen-bond acceptors (Lipinski definition) is 3. The van der Waals surface area contributed by atoms with E-state index in [0.29, 0.717) is 17.9 Å². The highest BCUT2D eigenvalue weighted by atomic mass is 16.5. The summed E-state index contributed by atoms with van der Waals surface area (Å²) in [6, 6.07) is 3.73. The topological polar surface area (TPSA) is 64.3 Å². The molecule has 1 aromatic rings. The first-order chi connectivity index (χ1) is 8.99. The maximum atomic E-state index is 12.3. The summed E-state index contributed by atoms with van der Waals surface area (Å²) in [5.41, 5.74) is 9.10. The zero-order valence-corrected chi connectivity index (χ0v) is 12.2. The summed E-state index contributed by atoms with van der Waals surface area (Å²) in [6.07, 6.45) is 1.91. The molecule has 4 nitrogen and oxygen atoms in total. The average Bonchev–Trinajstić information content (AvgIpc) is 2.34. The average molecular weight is 264 g/mol. The van der Waals surface area contributed by atoms with Gasteiger partial charge in [-0.25, -0.2) is 0 Å². The molecule has 0 fully saturated rings. The van der Waals surface area contributed by atoms with E-state index < -0.39 is 0 Å². The number of nitrogens with one attached hydrogen (secondary N) is 1. The molecule has 0 saturated carbocycles. The largest absolute Gasteiger partial charge is 0.398 e. The number of amides is 1. The van der Waals surface area contributed by atoms with E-state index in [0.717, 1.165) is 24.0 Å². The molecule has 0 spiro atoms. The van der Waals surface area contributed by atoms with Gasteiger partial charge in [0, 0.05) is 18.4 Å². The van der Waals surface area contributed by atoms with E-state index >= 15 is 0 Å². The zero-order chi connectivity index (χ0) is 14.4. The van der Waals surface area contributed by atoms with Crippen LogP contribution in [0.3, 0.4) is 0 Å². The molecule has 0 aliphatic heterocycles. The Morgan fingerprint density at radius 2 is 2.05 bits per heavy atom. The van der Waals surface area contributed by atoms with Crippen molar-refractivity contribution in [1.29, 1.82) is 0 Å². The maximum absolute atomic E-state index is 12.3. The summed E-state index contributed by atoms with van der Waals surface area (Å²) in [5.74, 6) is -0.0836. The van der Waals surface area contributed by atoms with Crippen LogP contribution in [0.4, 0.5) is 5.69 Å². The number of nitrogens with two attached hydrogens (primary N) is 1. The number of nitrogen functional groups attached to an aromatic ring is 1. The van der Waals surface area contributed by atoms with Gasteiger partial charge in [-0.2, -0.15) is 0 Å². The minimum atomic E-state index is -0.0836. The van der Waals surface area contributed by atoms with Gasteiger partial charge in [-0.1, -0.05) is 19.4 Å². The molecular formula is C15H24N2O2. The fourth-order valence-electron chi connectivity index (χ4n) is 2.12. The number of rotatable bonds is 6. The minimum absolute atomic E-state index is 0.0458. The van der Waals surface area contributed by atoms with E-state index in [1.54, 1.807) is 13.2 Å². The van der Waals surface area contributed by atoms with Gasteiger partial charge in [-0.3, -0.25) is 4.79 Å². The lowest BCUT2D eigenvalue weighted by Gasteiger charge is -2.18. The molecule has 1 unspecified atom stereocenters. The van der Waals surface area contributed by atoms with Crippen LogP contribution < -0.4 is 11.1 Å². The first kappa shape index (κ1) is 15.5. The van der Waals surface area contributed by atoms with Crippen molar-refractivity contribution < 1.29 is 9.53 Å². The molecule has 1 atom stereocenters. The smallest absolute Gasteiger partial charge is 0.251 e. The SMILES string of the molecule is CCCC(COC)NC(=O)c1cc(N)c(C)cc1C. The van der Waals surface area contributed by atoms with Crippen molar-refractivity contribution in [3.05, 3.63) is 28.8 Å². The van der Waals surface area contributed by atoms with Crippen molar-refractivity contribution in [2.24, 2.45) is 0 Å². The summed E-state index contributed by atoms with van der Waals surface area (Å²) in [6.45, 7) is 6.48. The number of carbonyl (C=O) groups is 1. The van der Waals surface area contributed by atoms with Gasteiger partial charge in [0.05, 0.1) is 12.6 Å². The van der Waals surface area contributed by atoms with Gasteiger partial charge >= 0.3 is 0 Å². The predicted molar refractivity (Wildman–Crippen MR) is 78.4 cm³/mol. The molecule has 0 bridgehead atoms. The van der Waals surface area contributed by atoms with Crippen LogP contribution >= 0.6 is 0 Å². The molecule has 0 saturated heterocycles.